The van der Waals surface area contributed by atoms with Crippen LogP contribution in [-0.2, 0) is 0 Å². The van der Waals surface area contributed by atoms with E-state index in [2.05, 4.69) is 5.32 Å². The molecular weight excluding hydrogens is 271 g/mol. The maximum Gasteiger partial charge on any atom is 0.322 e. The first-order valence-corrected chi connectivity index (χ1v) is 6.40. The minimum absolute atomic E-state index is 0.0220. The summed E-state index contributed by atoms with van der Waals surface area (Å²) < 4.78 is 13.7. The van der Waals surface area contributed by atoms with Gasteiger partial charge in [0.05, 0.1) is 16.8 Å². The second kappa shape index (κ2) is 6.73. The summed E-state index contributed by atoms with van der Waals surface area (Å²) in [6, 6.07) is 3.80. The molecule has 0 radical (unpaired) electrons. The predicted molar refractivity (Wildman–Crippen MR) is 74.0 cm³/mol. The fraction of sp³-hybridized carbons (Fsp3) is 0.462. The number of carbonyl (C=O) groups excluding carboxylic acids is 1. The number of urea groups is 1. The van der Waals surface area contributed by atoms with Crippen LogP contribution in [0.1, 0.15) is 20.8 Å². The lowest BCUT2D eigenvalue weighted by Gasteiger charge is -2.28. The monoisotopic (exact) mass is 288 g/mol. The Morgan fingerprint density at radius 1 is 1.47 bits per heavy atom. The average molecular weight is 289 g/mol. The number of aliphatic hydroxyl groups is 1. The smallest absolute Gasteiger partial charge is 0.322 e. The van der Waals surface area contributed by atoms with Crippen LogP contribution in [0.5, 0.6) is 0 Å². The Kier molecular flexibility index (Phi) is 5.57. The SMILES string of the molecule is CC(O)CN(C(=O)Nc1cccc(Cl)c1F)C(C)C. The first kappa shape index (κ1) is 15.7. The molecule has 0 heterocycles. The summed E-state index contributed by atoms with van der Waals surface area (Å²) in [7, 11) is 0. The van der Waals surface area contributed by atoms with Crippen molar-refractivity contribution in [1.82, 2.24) is 4.90 Å². The molecule has 0 aliphatic rings. The highest BCUT2D eigenvalue weighted by atomic mass is 35.5. The lowest BCUT2D eigenvalue weighted by molar-refractivity contribution is 0.125. The highest BCUT2D eigenvalue weighted by Crippen LogP contribution is 2.22. The van der Waals surface area contributed by atoms with Crippen LogP contribution in [0, 0.1) is 5.82 Å². The van der Waals surface area contributed by atoms with Gasteiger partial charge in [-0.2, -0.15) is 0 Å². The van der Waals surface area contributed by atoms with E-state index in [9.17, 15) is 14.3 Å². The van der Waals surface area contributed by atoms with E-state index in [1.54, 1.807) is 13.0 Å². The lowest BCUT2D eigenvalue weighted by atomic mass is 10.2. The molecule has 0 spiro atoms. The fourth-order valence-corrected chi connectivity index (χ4v) is 1.77. The third kappa shape index (κ3) is 4.36. The Labute approximate surface area is 117 Å². The Morgan fingerprint density at radius 2 is 2.11 bits per heavy atom. The highest BCUT2D eigenvalue weighted by molar-refractivity contribution is 6.31. The van der Waals surface area contributed by atoms with Gasteiger partial charge in [-0.1, -0.05) is 17.7 Å². The number of nitrogens with one attached hydrogen (secondary N) is 1. The standard InChI is InChI=1S/C13H18ClFN2O2/c1-8(2)17(7-9(3)18)13(19)16-11-6-4-5-10(14)12(11)15/h4-6,8-9,18H,7H2,1-3H3,(H,16,19). The quantitative estimate of drug-likeness (QED) is 0.894. The number of hydrogen-bond donors (Lipinski definition) is 2. The van der Waals surface area contributed by atoms with Gasteiger partial charge in [-0.3, -0.25) is 0 Å². The Bertz CT molecular complexity index is 452. The van der Waals surface area contributed by atoms with Crippen molar-refractivity contribution in [3.63, 3.8) is 0 Å². The van der Waals surface area contributed by atoms with Gasteiger partial charge in [0.1, 0.15) is 0 Å². The maximum absolute atomic E-state index is 13.7. The van der Waals surface area contributed by atoms with E-state index < -0.39 is 18.0 Å². The number of nitrogens with zero attached hydrogens (tertiary/aromatic N) is 1. The van der Waals surface area contributed by atoms with Crippen molar-refractivity contribution in [2.24, 2.45) is 0 Å². The molecule has 0 saturated heterocycles. The molecule has 1 rings (SSSR count). The van der Waals surface area contributed by atoms with Crippen molar-refractivity contribution >= 4 is 23.3 Å². The van der Waals surface area contributed by atoms with E-state index in [4.69, 9.17) is 11.6 Å². The molecule has 0 bridgehead atoms. The van der Waals surface area contributed by atoms with Crippen molar-refractivity contribution in [2.45, 2.75) is 32.9 Å². The third-order valence-electron chi connectivity index (χ3n) is 2.54. The van der Waals surface area contributed by atoms with Crippen LogP contribution in [0.2, 0.25) is 5.02 Å². The van der Waals surface area contributed by atoms with Gasteiger partial charge in [0.25, 0.3) is 0 Å². The molecule has 0 aliphatic carbocycles. The number of benzene rings is 1. The van der Waals surface area contributed by atoms with Crippen molar-refractivity contribution in [3.05, 3.63) is 29.0 Å². The number of aliphatic hydroxyl groups excluding tert-OH is 1. The summed E-state index contributed by atoms with van der Waals surface area (Å²) in [6.45, 7) is 5.39. The second-order valence-electron chi connectivity index (χ2n) is 4.63. The minimum Gasteiger partial charge on any atom is -0.392 e. The summed E-state index contributed by atoms with van der Waals surface area (Å²) in [5, 5.41) is 11.8. The van der Waals surface area contributed by atoms with Crippen molar-refractivity contribution < 1.29 is 14.3 Å². The maximum atomic E-state index is 13.7. The molecule has 0 saturated carbocycles. The van der Waals surface area contributed by atoms with Crippen LogP contribution in [0.3, 0.4) is 0 Å². The van der Waals surface area contributed by atoms with Crippen molar-refractivity contribution in [3.8, 4) is 0 Å². The molecule has 6 heteroatoms. The van der Waals surface area contributed by atoms with Gasteiger partial charge < -0.3 is 15.3 Å². The molecule has 1 unspecified atom stereocenters. The number of hydrogen-bond acceptors (Lipinski definition) is 2. The van der Waals surface area contributed by atoms with Gasteiger partial charge in [0, 0.05) is 12.6 Å². The molecule has 2 amide bonds. The summed E-state index contributed by atoms with van der Waals surface area (Å²) >= 11 is 5.64. The number of carbonyl (C=O) groups is 1. The molecule has 0 fully saturated rings. The van der Waals surface area contributed by atoms with Crippen LogP contribution in [0.4, 0.5) is 14.9 Å². The minimum atomic E-state index is -0.668. The van der Waals surface area contributed by atoms with Gasteiger partial charge in [-0.05, 0) is 32.9 Å². The zero-order valence-corrected chi connectivity index (χ0v) is 11.9. The molecule has 4 nitrogen and oxygen atoms in total. The molecule has 1 aromatic carbocycles. The van der Waals surface area contributed by atoms with Gasteiger partial charge in [-0.25, -0.2) is 9.18 Å². The van der Waals surface area contributed by atoms with Crippen LogP contribution < -0.4 is 5.32 Å². The van der Waals surface area contributed by atoms with Crippen LogP contribution in [0.15, 0.2) is 18.2 Å². The largest absolute Gasteiger partial charge is 0.392 e. The topological polar surface area (TPSA) is 52.6 Å². The molecule has 2 N–H and O–H groups in total. The number of halogens is 2. The molecule has 1 atom stereocenters. The third-order valence-corrected chi connectivity index (χ3v) is 2.83. The predicted octanol–water partition coefficient (Wildman–Crippen LogP) is 3.10. The molecular formula is C13H18ClFN2O2. The van der Waals surface area contributed by atoms with E-state index in [0.29, 0.717) is 0 Å². The molecule has 1 aromatic rings. The van der Waals surface area contributed by atoms with E-state index in [0.717, 1.165) is 0 Å². The molecule has 0 aliphatic heterocycles. The summed E-state index contributed by atoms with van der Waals surface area (Å²) in [5.41, 5.74) is 0.0220. The molecule has 19 heavy (non-hydrogen) atoms. The zero-order valence-electron chi connectivity index (χ0n) is 11.2. The molecule has 106 valence electrons. The Balaban J connectivity index is 2.84. The summed E-state index contributed by atoms with van der Waals surface area (Å²) in [6.07, 6.45) is -0.655. The van der Waals surface area contributed by atoms with E-state index in [1.807, 2.05) is 13.8 Å². The van der Waals surface area contributed by atoms with Crippen LogP contribution >= 0.6 is 11.6 Å². The summed E-state index contributed by atoms with van der Waals surface area (Å²) in [4.78, 5) is 13.5. The molecule has 0 aromatic heterocycles. The van der Waals surface area contributed by atoms with E-state index >= 15 is 0 Å². The van der Waals surface area contributed by atoms with Gasteiger partial charge >= 0.3 is 6.03 Å². The fourth-order valence-electron chi connectivity index (χ4n) is 1.60. The average Bonchev–Trinajstić information content (AvgIpc) is 2.31. The zero-order chi connectivity index (χ0) is 14.6. The van der Waals surface area contributed by atoms with Crippen LogP contribution in [-0.4, -0.2) is 34.7 Å². The number of anilines is 1. The van der Waals surface area contributed by atoms with Crippen LogP contribution in [0.25, 0.3) is 0 Å². The van der Waals surface area contributed by atoms with Crippen molar-refractivity contribution in [2.75, 3.05) is 11.9 Å². The highest BCUT2D eigenvalue weighted by Gasteiger charge is 2.20. The number of rotatable bonds is 4. The normalized spacial score (nSPS) is 12.4. The van der Waals surface area contributed by atoms with Gasteiger partial charge in [-0.15, -0.1) is 0 Å². The van der Waals surface area contributed by atoms with E-state index in [-0.39, 0.29) is 23.3 Å². The van der Waals surface area contributed by atoms with Gasteiger partial charge in [0.2, 0.25) is 0 Å². The van der Waals surface area contributed by atoms with Crippen molar-refractivity contribution in [1.29, 1.82) is 0 Å². The Morgan fingerprint density at radius 3 is 2.63 bits per heavy atom. The number of amides is 2. The Hall–Kier alpha value is -1.33. The summed E-state index contributed by atoms with van der Waals surface area (Å²) in [5.74, 6) is -0.668. The van der Waals surface area contributed by atoms with E-state index in [1.165, 1.54) is 17.0 Å². The second-order valence-corrected chi connectivity index (χ2v) is 5.03. The first-order chi connectivity index (χ1) is 8.82. The van der Waals surface area contributed by atoms with Gasteiger partial charge in [0.15, 0.2) is 5.82 Å². The first-order valence-electron chi connectivity index (χ1n) is 6.02. The lowest BCUT2D eigenvalue weighted by Crippen LogP contribution is -2.43.